The molecule has 0 aliphatic rings. The van der Waals surface area contributed by atoms with E-state index >= 15 is 0 Å². The fraction of sp³-hybridized carbons (Fsp3) is 0.438. The zero-order valence-electron chi connectivity index (χ0n) is 11.7. The van der Waals surface area contributed by atoms with Crippen molar-refractivity contribution in [1.29, 1.82) is 0 Å². The van der Waals surface area contributed by atoms with Crippen molar-refractivity contribution in [2.24, 2.45) is 0 Å². The lowest BCUT2D eigenvalue weighted by Crippen LogP contribution is -2.10. The molecule has 0 bridgehead atoms. The molecule has 0 amide bonds. The third-order valence-electron chi connectivity index (χ3n) is 3.11. The van der Waals surface area contributed by atoms with Crippen molar-refractivity contribution in [2.45, 2.75) is 39.5 Å². The number of nitrogens with zero attached hydrogens (tertiary/aromatic N) is 1. The van der Waals surface area contributed by atoms with Crippen molar-refractivity contribution < 1.29 is 0 Å². The highest BCUT2D eigenvalue weighted by Crippen LogP contribution is 2.26. The van der Waals surface area contributed by atoms with E-state index in [-0.39, 0.29) is 5.41 Å². The van der Waals surface area contributed by atoms with E-state index in [0.29, 0.717) is 0 Å². The van der Waals surface area contributed by atoms with Crippen LogP contribution in [0.2, 0.25) is 0 Å². The molecular formula is C16H22N2. The predicted octanol–water partition coefficient (Wildman–Crippen LogP) is 4.35. The summed E-state index contributed by atoms with van der Waals surface area (Å²) in [6.07, 6.45) is 1.11. The average Bonchev–Trinajstić information content (AvgIpc) is 2.34. The lowest BCUT2D eigenvalue weighted by molar-refractivity contribution is 0.591. The molecular weight excluding hydrogens is 220 g/mol. The third-order valence-corrected chi connectivity index (χ3v) is 3.11. The Hall–Kier alpha value is -1.57. The van der Waals surface area contributed by atoms with Gasteiger partial charge in [-0.3, -0.25) is 0 Å². The zero-order chi connectivity index (χ0) is 13.2. The van der Waals surface area contributed by atoms with Crippen LogP contribution in [0.1, 0.15) is 39.7 Å². The second kappa shape index (κ2) is 4.97. The highest BCUT2D eigenvalue weighted by Gasteiger charge is 2.13. The van der Waals surface area contributed by atoms with E-state index in [4.69, 9.17) is 0 Å². The predicted molar refractivity (Wildman–Crippen MR) is 79.2 cm³/mol. The molecule has 2 aromatic rings. The lowest BCUT2D eigenvalue weighted by Gasteiger charge is -2.19. The Labute approximate surface area is 109 Å². The van der Waals surface area contributed by atoms with Crippen LogP contribution in [-0.2, 0) is 5.41 Å². The van der Waals surface area contributed by atoms with Gasteiger partial charge in [0.1, 0.15) is 5.82 Å². The number of benzene rings is 1. The number of anilines is 1. The molecule has 1 heterocycles. The van der Waals surface area contributed by atoms with Crippen molar-refractivity contribution in [2.75, 3.05) is 11.9 Å². The molecule has 2 nitrogen and oxygen atoms in total. The first-order valence-electron chi connectivity index (χ1n) is 6.66. The van der Waals surface area contributed by atoms with Gasteiger partial charge in [0.25, 0.3) is 0 Å². The van der Waals surface area contributed by atoms with Gasteiger partial charge in [-0.25, -0.2) is 4.98 Å². The minimum Gasteiger partial charge on any atom is -0.370 e. The maximum absolute atomic E-state index is 4.62. The minimum absolute atomic E-state index is 0.188. The molecule has 0 atom stereocenters. The van der Waals surface area contributed by atoms with Gasteiger partial charge in [0.15, 0.2) is 0 Å². The molecule has 2 rings (SSSR count). The van der Waals surface area contributed by atoms with E-state index in [1.165, 1.54) is 10.9 Å². The molecule has 0 radical (unpaired) electrons. The van der Waals surface area contributed by atoms with Gasteiger partial charge in [-0.15, -0.1) is 0 Å². The van der Waals surface area contributed by atoms with Crippen LogP contribution < -0.4 is 5.32 Å². The van der Waals surface area contributed by atoms with Gasteiger partial charge in [0, 0.05) is 11.9 Å². The molecule has 0 saturated heterocycles. The van der Waals surface area contributed by atoms with E-state index in [2.05, 4.69) is 68.3 Å². The molecule has 0 aliphatic heterocycles. The van der Waals surface area contributed by atoms with Gasteiger partial charge >= 0.3 is 0 Å². The minimum atomic E-state index is 0.188. The highest BCUT2D eigenvalue weighted by molar-refractivity contribution is 5.81. The fourth-order valence-electron chi connectivity index (χ4n) is 1.94. The van der Waals surface area contributed by atoms with Gasteiger partial charge < -0.3 is 5.32 Å². The van der Waals surface area contributed by atoms with Gasteiger partial charge in [-0.1, -0.05) is 33.8 Å². The third kappa shape index (κ3) is 2.81. The number of fused-ring (bicyclic) bond motifs is 1. The summed E-state index contributed by atoms with van der Waals surface area (Å²) < 4.78 is 0. The molecule has 1 aromatic heterocycles. The molecule has 2 heteroatoms. The quantitative estimate of drug-likeness (QED) is 0.865. The first kappa shape index (κ1) is 12.9. The van der Waals surface area contributed by atoms with Crippen LogP contribution in [0.5, 0.6) is 0 Å². The van der Waals surface area contributed by atoms with E-state index in [0.717, 1.165) is 24.3 Å². The van der Waals surface area contributed by atoms with Crippen molar-refractivity contribution >= 4 is 16.7 Å². The van der Waals surface area contributed by atoms with Crippen LogP contribution in [-0.4, -0.2) is 11.5 Å². The van der Waals surface area contributed by atoms with Gasteiger partial charge in [-0.05, 0) is 41.7 Å². The summed E-state index contributed by atoms with van der Waals surface area (Å²) in [6.45, 7) is 9.83. The van der Waals surface area contributed by atoms with Crippen LogP contribution >= 0.6 is 0 Å². The molecule has 0 spiro atoms. The molecule has 96 valence electrons. The van der Waals surface area contributed by atoms with Crippen LogP contribution in [0.25, 0.3) is 10.9 Å². The molecule has 0 unspecified atom stereocenters. The Bertz CT molecular complexity index is 538. The maximum Gasteiger partial charge on any atom is 0.126 e. The Morgan fingerprint density at radius 1 is 1.11 bits per heavy atom. The maximum atomic E-state index is 4.62. The summed E-state index contributed by atoms with van der Waals surface area (Å²) in [5.41, 5.74) is 2.60. The van der Waals surface area contributed by atoms with E-state index in [9.17, 15) is 0 Å². The molecule has 0 aliphatic carbocycles. The summed E-state index contributed by atoms with van der Waals surface area (Å²) in [5.74, 6) is 0.966. The molecule has 1 N–H and O–H groups in total. The van der Waals surface area contributed by atoms with Gasteiger partial charge in [-0.2, -0.15) is 0 Å². The second-order valence-electron chi connectivity index (χ2n) is 5.78. The second-order valence-corrected chi connectivity index (χ2v) is 5.78. The first-order valence-corrected chi connectivity index (χ1v) is 6.66. The van der Waals surface area contributed by atoms with Gasteiger partial charge in [0.2, 0.25) is 0 Å². The van der Waals surface area contributed by atoms with Gasteiger partial charge in [0.05, 0.1) is 5.52 Å². The monoisotopic (exact) mass is 242 g/mol. The summed E-state index contributed by atoms with van der Waals surface area (Å²) >= 11 is 0. The van der Waals surface area contributed by atoms with Crippen molar-refractivity contribution in [3.8, 4) is 0 Å². The summed E-state index contributed by atoms with van der Waals surface area (Å²) in [7, 11) is 0. The largest absolute Gasteiger partial charge is 0.370 e. The molecule has 18 heavy (non-hydrogen) atoms. The zero-order valence-corrected chi connectivity index (χ0v) is 11.7. The number of aromatic nitrogens is 1. The van der Waals surface area contributed by atoms with Crippen molar-refractivity contribution in [3.63, 3.8) is 0 Å². The van der Waals surface area contributed by atoms with Crippen molar-refractivity contribution in [3.05, 3.63) is 35.9 Å². The standard InChI is InChI=1S/C16H22N2/c1-5-10-17-15-9-6-12-11-13(16(2,3)4)7-8-14(12)18-15/h6-9,11H,5,10H2,1-4H3,(H,17,18). The Morgan fingerprint density at radius 3 is 2.56 bits per heavy atom. The Balaban J connectivity index is 2.36. The number of rotatable bonds is 3. The number of hydrogen-bond acceptors (Lipinski definition) is 2. The normalized spacial score (nSPS) is 11.8. The van der Waals surface area contributed by atoms with Crippen LogP contribution in [0.4, 0.5) is 5.82 Å². The highest BCUT2D eigenvalue weighted by atomic mass is 15.0. The van der Waals surface area contributed by atoms with E-state index < -0.39 is 0 Å². The number of hydrogen-bond donors (Lipinski definition) is 1. The Kier molecular flexibility index (Phi) is 3.55. The SMILES string of the molecule is CCCNc1ccc2cc(C(C)(C)C)ccc2n1. The smallest absolute Gasteiger partial charge is 0.126 e. The van der Waals surface area contributed by atoms with Crippen LogP contribution in [0.3, 0.4) is 0 Å². The summed E-state index contributed by atoms with van der Waals surface area (Å²) in [6, 6.07) is 10.7. The molecule has 0 saturated carbocycles. The van der Waals surface area contributed by atoms with E-state index in [1.807, 2.05) is 0 Å². The summed E-state index contributed by atoms with van der Waals surface area (Å²) in [4.78, 5) is 4.62. The Morgan fingerprint density at radius 2 is 1.89 bits per heavy atom. The summed E-state index contributed by atoms with van der Waals surface area (Å²) in [5, 5.41) is 4.53. The average molecular weight is 242 g/mol. The topological polar surface area (TPSA) is 24.9 Å². The van der Waals surface area contributed by atoms with E-state index in [1.54, 1.807) is 0 Å². The molecule has 1 aromatic carbocycles. The number of nitrogens with one attached hydrogen (secondary N) is 1. The fourth-order valence-corrected chi connectivity index (χ4v) is 1.94. The first-order chi connectivity index (χ1) is 8.50. The van der Waals surface area contributed by atoms with Crippen molar-refractivity contribution in [1.82, 2.24) is 4.98 Å². The molecule has 0 fully saturated rings. The van der Waals surface area contributed by atoms with Crippen LogP contribution in [0, 0.1) is 0 Å². The lowest BCUT2D eigenvalue weighted by atomic mass is 9.86. The van der Waals surface area contributed by atoms with Crippen LogP contribution in [0.15, 0.2) is 30.3 Å². The number of pyridine rings is 1.